The van der Waals surface area contributed by atoms with Gasteiger partial charge in [0.1, 0.15) is 5.82 Å². The van der Waals surface area contributed by atoms with Crippen LogP contribution in [0.2, 0.25) is 0 Å². The fraction of sp³-hybridized carbons (Fsp3) is 0.368. The third-order valence-electron chi connectivity index (χ3n) is 5.27. The largest absolute Gasteiger partial charge is 0.306 e. The molecule has 2 aliphatic rings. The number of hydrogen-bond acceptors (Lipinski definition) is 3. The lowest BCUT2D eigenvalue weighted by Gasteiger charge is -2.36. The van der Waals surface area contributed by atoms with Crippen molar-refractivity contribution in [3.8, 4) is 0 Å². The minimum absolute atomic E-state index is 0.0805. The first kappa shape index (κ1) is 16.5. The van der Waals surface area contributed by atoms with Gasteiger partial charge in [-0.25, -0.2) is 12.8 Å². The molecule has 0 N–H and O–H groups in total. The van der Waals surface area contributed by atoms with E-state index in [1.54, 1.807) is 4.31 Å². The van der Waals surface area contributed by atoms with Gasteiger partial charge in [0.05, 0.1) is 16.6 Å². The molecular weight excluding hydrogens is 339 g/mol. The third kappa shape index (κ3) is 2.64. The zero-order chi connectivity index (χ0) is 17.8. The smallest absolute Gasteiger partial charge is 0.264 e. The van der Waals surface area contributed by atoms with Gasteiger partial charge in [-0.05, 0) is 62.8 Å². The van der Waals surface area contributed by atoms with Crippen LogP contribution in [0.4, 0.5) is 10.1 Å². The minimum Gasteiger partial charge on any atom is -0.306 e. The Morgan fingerprint density at radius 1 is 1.12 bits per heavy atom. The number of halogens is 1. The van der Waals surface area contributed by atoms with Crippen molar-refractivity contribution in [3.63, 3.8) is 0 Å². The summed E-state index contributed by atoms with van der Waals surface area (Å²) in [6.07, 6.45) is 0.787. The molecule has 0 bridgehead atoms. The van der Waals surface area contributed by atoms with Crippen LogP contribution in [0.3, 0.4) is 0 Å². The molecule has 2 aliphatic heterocycles. The quantitative estimate of drug-likeness (QED) is 0.826. The van der Waals surface area contributed by atoms with E-state index in [0.29, 0.717) is 0 Å². The molecule has 6 heteroatoms. The number of piperidine rings is 1. The molecule has 1 saturated heterocycles. The molecule has 132 valence electrons. The Hall–Kier alpha value is -1.92. The van der Waals surface area contributed by atoms with E-state index in [2.05, 4.69) is 18.0 Å². The Labute approximate surface area is 147 Å². The molecule has 0 amide bonds. The highest BCUT2D eigenvalue weighted by Crippen LogP contribution is 2.47. The minimum atomic E-state index is -3.72. The number of benzene rings is 2. The summed E-state index contributed by atoms with van der Waals surface area (Å²) < 4.78 is 41.4. The Morgan fingerprint density at radius 3 is 2.56 bits per heavy atom. The van der Waals surface area contributed by atoms with Gasteiger partial charge in [-0.3, -0.25) is 4.31 Å². The number of aryl methyl sites for hydroxylation is 1. The first-order valence-electron chi connectivity index (χ1n) is 8.47. The molecule has 0 saturated carbocycles. The lowest BCUT2D eigenvalue weighted by atomic mass is 9.89. The van der Waals surface area contributed by atoms with Crippen LogP contribution in [0.15, 0.2) is 47.4 Å². The molecular formula is C19H21FN2O2S. The van der Waals surface area contributed by atoms with E-state index < -0.39 is 15.8 Å². The third-order valence-corrected chi connectivity index (χ3v) is 7.12. The van der Waals surface area contributed by atoms with Crippen LogP contribution in [0.1, 0.15) is 23.5 Å². The lowest BCUT2D eigenvalue weighted by Crippen LogP contribution is -2.47. The summed E-state index contributed by atoms with van der Waals surface area (Å²) in [6.45, 7) is 3.74. The standard InChI is InChI=1S/C19H21FN2O2S/c1-13-3-8-18-16(11-13)17-12-21(2)10-9-19(17)22(18)25(23,24)15-6-4-14(20)5-7-15/h3-8,11,17,19H,9-10,12H2,1-2H3/t17-,19-/m0/s1. The average molecular weight is 360 g/mol. The van der Waals surface area contributed by atoms with Crippen molar-refractivity contribution in [2.45, 2.75) is 30.2 Å². The van der Waals surface area contributed by atoms with Crippen molar-refractivity contribution < 1.29 is 12.8 Å². The Morgan fingerprint density at radius 2 is 1.84 bits per heavy atom. The van der Waals surface area contributed by atoms with E-state index in [1.807, 2.05) is 19.1 Å². The highest BCUT2D eigenvalue weighted by Gasteiger charge is 2.46. The zero-order valence-electron chi connectivity index (χ0n) is 14.3. The van der Waals surface area contributed by atoms with Crippen molar-refractivity contribution in [2.75, 3.05) is 24.4 Å². The van der Waals surface area contributed by atoms with E-state index in [-0.39, 0.29) is 16.9 Å². The second-order valence-electron chi connectivity index (χ2n) is 7.04. The summed E-state index contributed by atoms with van der Waals surface area (Å²) in [7, 11) is -1.65. The predicted octanol–water partition coefficient (Wildman–Crippen LogP) is 3.13. The molecule has 1 fully saturated rings. The highest BCUT2D eigenvalue weighted by molar-refractivity contribution is 7.92. The normalized spacial score (nSPS) is 23.4. The van der Waals surface area contributed by atoms with Crippen LogP contribution in [-0.2, 0) is 10.0 Å². The van der Waals surface area contributed by atoms with E-state index >= 15 is 0 Å². The van der Waals surface area contributed by atoms with E-state index in [1.165, 1.54) is 24.3 Å². The van der Waals surface area contributed by atoms with Crippen LogP contribution >= 0.6 is 0 Å². The Kier molecular flexibility index (Phi) is 3.85. The fourth-order valence-corrected chi connectivity index (χ4v) is 5.81. The first-order valence-corrected chi connectivity index (χ1v) is 9.91. The Balaban J connectivity index is 1.85. The van der Waals surface area contributed by atoms with Crippen molar-refractivity contribution in [1.29, 1.82) is 0 Å². The SMILES string of the molecule is Cc1ccc2c(c1)[C@@H]1CN(C)CC[C@@H]1N2S(=O)(=O)c1ccc(F)cc1. The number of likely N-dealkylation sites (N-methyl/N-ethyl adjacent to an activating group) is 1. The number of likely N-dealkylation sites (tertiary alicyclic amines) is 1. The van der Waals surface area contributed by atoms with Crippen LogP contribution in [0, 0.1) is 12.7 Å². The fourth-order valence-electron chi connectivity index (χ4n) is 4.07. The molecule has 2 heterocycles. The van der Waals surface area contributed by atoms with Crippen molar-refractivity contribution in [2.24, 2.45) is 0 Å². The van der Waals surface area contributed by atoms with Crippen LogP contribution in [0.25, 0.3) is 0 Å². The summed E-state index contributed by atoms with van der Waals surface area (Å²) in [5.74, 6) is -0.266. The summed E-state index contributed by atoms with van der Waals surface area (Å²) >= 11 is 0. The van der Waals surface area contributed by atoms with E-state index in [0.717, 1.165) is 36.3 Å². The summed E-state index contributed by atoms with van der Waals surface area (Å²) in [6, 6.07) is 11.0. The van der Waals surface area contributed by atoms with Gasteiger partial charge in [-0.1, -0.05) is 17.7 Å². The summed E-state index contributed by atoms with van der Waals surface area (Å²) in [4.78, 5) is 2.39. The van der Waals surface area contributed by atoms with Gasteiger partial charge in [-0.15, -0.1) is 0 Å². The molecule has 2 aromatic carbocycles. The highest BCUT2D eigenvalue weighted by atomic mass is 32.2. The van der Waals surface area contributed by atoms with Gasteiger partial charge in [0.25, 0.3) is 10.0 Å². The van der Waals surface area contributed by atoms with E-state index in [4.69, 9.17) is 0 Å². The molecule has 0 unspecified atom stereocenters. The van der Waals surface area contributed by atoms with Gasteiger partial charge in [-0.2, -0.15) is 0 Å². The number of sulfonamides is 1. The molecule has 2 atom stereocenters. The molecule has 2 aromatic rings. The van der Waals surface area contributed by atoms with Crippen LogP contribution < -0.4 is 4.31 Å². The summed E-state index contributed by atoms with van der Waals surface area (Å²) in [5.41, 5.74) is 2.99. The van der Waals surface area contributed by atoms with Crippen molar-refractivity contribution in [3.05, 3.63) is 59.4 Å². The number of nitrogens with zero attached hydrogens (tertiary/aromatic N) is 2. The maximum Gasteiger partial charge on any atom is 0.264 e. The van der Waals surface area contributed by atoms with Gasteiger partial charge >= 0.3 is 0 Å². The topological polar surface area (TPSA) is 40.6 Å². The maximum atomic E-state index is 13.3. The molecule has 0 spiro atoms. The van der Waals surface area contributed by atoms with Crippen molar-refractivity contribution in [1.82, 2.24) is 4.90 Å². The number of rotatable bonds is 2. The van der Waals surface area contributed by atoms with Gasteiger partial charge in [0, 0.05) is 12.5 Å². The molecule has 4 nitrogen and oxygen atoms in total. The molecule has 0 aromatic heterocycles. The van der Waals surface area contributed by atoms with E-state index in [9.17, 15) is 12.8 Å². The average Bonchev–Trinajstić information content (AvgIpc) is 2.89. The molecule has 0 radical (unpaired) electrons. The Bertz CT molecular complexity index is 912. The number of fused-ring (bicyclic) bond motifs is 3. The van der Waals surface area contributed by atoms with Gasteiger partial charge < -0.3 is 4.90 Å². The van der Waals surface area contributed by atoms with Crippen molar-refractivity contribution >= 4 is 15.7 Å². The number of hydrogen-bond donors (Lipinski definition) is 0. The second-order valence-corrected chi connectivity index (χ2v) is 8.86. The maximum absolute atomic E-state index is 13.3. The second kappa shape index (κ2) is 5.81. The molecule has 25 heavy (non-hydrogen) atoms. The monoisotopic (exact) mass is 360 g/mol. The summed E-state index contributed by atoms with van der Waals surface area (Å²) in [5, 5.41) is 0. The zero-order valence-corrected chi connectivity index (χ0v) is 15.1. The first-order chi connectivity index (χ1) is 11.9. The van der Waals surface area contributed by atoms with Gasteiger partial charge in [0.15, 0.2) is 0 Å². The van der Waals surface area contributed by atoms with Crippen LogP contribution in [0.5, 0.6) is 0 Å². The van der Waals surface area contributed by atoms with Crippen LogP contribution in [-0.4, -0.2) is 39.5 Å². The van der Waals surface area contributed by atoms with Gasteiger partial charge in [0.2, 0.25) is 0 Å². The number of anilines is 1. The predicted molar refractivity (Wildman–Crippen MR) is 95.9 cm³/mol. The lowest BCUT2D eigenvalue weighted by molar-refractivity contribution is 0.237. The molecule has 0 aliphatic carbocycles. The molecule has 4 rings (SSSR count).